The molecule has 1 aliphatic carbocycles. The summed E-state index contributed by atoms with van der Waals surface area (Å²) in [6, 6.07) is 2.31. The molecule has 19 heavy (non-hydrogen) atoms. The molecule has 1 fully saturated rings. The third kappa shape index (κ3) is 2.85. The standard InChI is InChI=1S/C12H16ClFN2O2S/c1-2-5-16(9-3-4-9)19(17,18)11-7-8(15)6-10(13)12(11)14/h6-7,9H,2-5,15H2,1H3. The van der Waals surface area contributed by atoms with Crippen molar-refractivity contribution in [3.63, 3.8) is 0 Å². The van der Waals surface area contributed by atoms with E-state index in [1.165, 1.54) is 10.4 Å². The van der Waals surface area contributed by atoms with Crippen molar-refractivity contribution in [3.05, 3.63) is 23.0 Å². The molecule has 0 radical (unpaired) electrons. The Morgan fingerprint density at radius 1 is 1.47 bits per heavy atom. The second-order valence-corrected chi connectivity index (χ2v) is 6.93. The first-order chi connectivity index (χ1) is 8.87. The molecule has 1 aromatic rings. The van der Waals surface area contributed by atoms with Crippen molar-refractivity contribution >= 4 is 27.3 Å². The number of hydrogen-bond acceptors (Lipinski definition) is 3. The third-order valence-corrected chi connectivity index (χ3v) is 5.23. The second-order valence-electron chi connectivity index (χ2n) is 4.66. The van der Waals surface area contributed by atoms with E-state index in [1.54, 1.807) is 0 Å². The highest BCUT2D eigenvalue weighted by Gasteiger charge is 2.39. The van der Waals surface area contributed by atoms with Crippen molar-refractivity contribution in [2.75, 3.05) is 12.3 Å². The Bertz CT molecular complexity index is 588. The van der Waals surface area contributed by atoms with Gasteiger partial charge >= 0.3 is 0 Å². The van der Waals surface area contributed by atoms with Crippen molar-refractivity contribution in [1.82, 2.24) is 4.31 Å². The molecule has 2 rings (SSSR count). The summed E-state index contributed by atoms with van der Waals surface area (Å²) < 4.78 is 40.3. The summed E-state index contributed by atoms with van der Waals surface area (Å²) in [5.74, 6) is -0.933. The molecule has 106 valence electrons. The summed E-state index contributed by atoms with van der Waals surface area (Å²) in [5, 5.41) is -0.272. The summed E-state index contributed by atoms with van der Waals surface area (Å²) in [7, 11) is -3.88. The number of nitrogen functional groups attached to an aromatic ring is 1. The fourth-order valence-electron chi connectivity index (χ4n) is 1.98. The number of hydrogen-bond donors (Lipinski definition) is 1. The van der Waals surface area contributed by atoms with Crippen LogP contribution in [0.1, 0.15) is 26.2 Å². The quantitative estimate of drug-likeness (QED) is 0.851. The van der Waals surface area contributed by atoms with E-state index in [0.29, 0.717) is 13.0 Å². The Kier molecular flexibility index (Phi) is 4.03. The van der Waals surface area contributed by atoms with E-state index < -0.39 is 20.7 Å². The molecular weight excluding hydrogens is 291 g/mol. The Morgan fingerprint density at radius 2 is 2.11 bits per heavy atom. The Labute approximate surface area is 117 Å². The maximum absolute atomic E-state index is 14.0. The molecule has 0 saturated heterocycles. The lowest BCUT2D eigenvalue weighted by Gasteiger charge is -2.21. The van der Waals surface area contributed by atoms with Crippen LogP contribution in [-0.4, -0.2) is 25.3 Å². The molecule has 0 spiro atoms. The van der Waals surface area contributed by atoms with E-state index in [0.717, 1.165) is 18.9 Å². The molecule has 0 bridgehead atoms. The van der Waals surface area contributed by atoms with Crippen molar-refractivity contribution < 1.29 is 12.8 Å². The van der Waals surface area contributed by atoms with Crippen LogP contribution in [-0.2, 0) is 10.0 Å². The van der Waals surface area contributed by atoms with Crippen molar-refractivity contribution in [2.45, 2.75) is 37.1 Å². The van der Waals surface area contributed by atoms with Gasteiger partial charge in [-0.05, 0) is 31.4 Å². The largest absolute Gasteiger partial charge is 0.399 e. The number of anilines is 1. The first kappa shape index (κ1) is 14.6. The number of benzene rings is 1. The molecule has 0 atom stereocenters. The van der Waals surface area contributed by atoms with Gasteiger partial charge in [0.2, 0.25) is 10.0 Å². The predicted molar refractivity (Wildman–Crippen MR) is 73.0 cm³/mol. The van der Waals surface area contributed by atoms with Gasteiger partial charge in [0.25, 0.3) is 0 Å². The number of nitrogens with two attached hydrogens (primary N) is 1. The summed E-state index contributed by atoms with van der Waals surface area (Å²) in [6.45, 7) is 2.26. The molecule has 1 aromatic carbocycles. The zero-order chi connectivity index (χ0) is 14.2. The van der Waals surface area contributed by atoms with E-state index in [-0.39, 0.29) is 16.8 Å². The van der Waals surface area contributed by atoms with Crippen LogP contribution < -0.4 is 5.73 Å². The summed E-state index contributed by atoms with van der Waals surface area (Å²) in [4.78, 5) is -0.433. The number of sulfonamides is 1. The van der Waals surface area contributed by atoms with E-state index >= 15 is 0 Å². The van der Waals surface area contributed by atoms with Gasteiger partial charge in [0.1, 0.15) is 4.90 Å². The zero-order valence-electron chi connectivity index (χ0n) is 10.6. The zero-order valence-corrected chi connectivity index (χ0v) is 12.1. The van der Waals surface area contributed by atoms with Gasteiger partial charge in [-0.25, -0.2) is 12.8 Å². The van der Waals surface area contributed by atoms with Gasteiger partial charge in [0, 0.05) is 18.3 Å². The van der Waals surface area contributed by atoms with Crippen LogP contribution in [0, 0.1) is 5.82 Å². The molecule has 2 N–H and O–H groups in total. The molecule has 0 aliphatic heterocycles. The highest BCUT2D eigenvalue weighted by Crippen LogP contribution is 2.35. The van der Waals surface area contributed by atoms with Gasteiger partial charge in [0.15, 0.2) is 5.82 Å². The van der Waals surface area contributed by atoms with Crippen molar-refractivity contribution in [3.8, 4) is 0 Å². The average molecular weight is 307 g/mol. The smallest absolute Gasteiger partial charge is 0.246 e. The maximum atomic E-state index is 14.0. The Balaban J connectivity index is 2.49. The fraction of sp³-hybridized carbons (Fsp3) is 0.500. The second kappa shape index (κ2) is 5.26. The van der Waals surface area contributed by atoms with E-state index in [4.69, 9.17) is 17.3 Å². The average Bonchev–Trinajstić information content (AvgIpc) is 3.14. The highest BCUT2D eigenvalue weighted by atomic mass is 35.5. The van der Waals surface area contributed by atoms with E-state index in [1.807, 2.05) is 6.92 Å². The SMILES string of the molecule is CCCN(C1CC1)S(=O)(=O)c1cc(N)cc(Cl)c1F. The third-order valence-electron chi connectivity index (χ3n) is 3.00. The van der Waals surface area contributed by atoms with E-state index in [9.17, 15) is 12.8 Å². The molecule has 0 unspecified atom stereocenters. The van der Waals surface area contributed by atoms with Crippen LogP contribution in [0.2, 0.25) is 5.02 Å². The van der Waals surface area contributed by atoms with Crippen LogP contribution >= 0.6 is 11.6 Å². The lowest BCUT2D eigenvalue weighted by molar-refractivity contribution is 0.400. The highest BCUT2D eigenvalue weighted by molar-refractivity contribution is 7.89. The lowest BCUT2D eigenvalue weighted by atomic mass is 10.3. The molecule has 7 heteroatoms. The first-order valence-electron chi connectivity index (χ1n) is 6.14. The molecule has 1 saturated carbocycles. The molecular formula is C12H16ClFN2O2S. The van der Waals surface area contributed by atoms with Crippen LogP contribution in [0.25, 0.3) is 0 Å². The normalized spacial score (nSPS) is 16.0. The van der Waals surface area contributed by atoms with Gasteiger partial charge in [-0.1, -0.05) is 18.5 Å². The fourth-order valence-corrected chi connectivity index (χ4v) is 4.16. The minimum Gasteiger partial charge on any atom is -0.399 e. The van der Waals surface area contributed by atoms with Crippen LogP contribution in [0.4, 0.5) is 10.1 Å². The van der Waals surface area contributed by atoms with Gasteiger partial charge < -0.3 is 5.73 Å². The Hall–Kier alpha value is -0.850. The minimum atomic E-state index is -3.88. The molecule has 0 amide bonds. The van der Waals surface area contributed by atoms with Crippen LogP contribution in [0.5, 0.6) is 0 Å². The van der Waals surface area contributed by atoms with Crippen LogP contribution in [0.3, 0.4) is 0 Å². The number of halogens is 2. The molecule has 4 nitrogen and oxygen atoms in total. The maximum Gasteiger partial charge on any atom is 0.246 e. The van der Waals surface area contributed by atoms with Crippen molar-refractivity contribution in [2.24, 2.45) is 0 Å². The number of rotatable bonds is 5. The Morgan fingerprint density at radius 3 is 2.63 bits per heavy atom. The summed E-state index contributed by atoms with van der Waals surface area (Å²) in [5.41, 5.74) is 5.69. The van der Waals surface area contributed by atoms with Crippen LogP contribution in [0.15, 0.2) is 17.0 Å². The lowest BCUT2D eigenvalue weighted by Crippen LogP contribution is -2.34. The summed E-state index contributed by atoms with van der Waals surface area (Å²) >= 11 is 5.66. The van der Waals surface area contributed by atoms with Crippen molar-refractivity contribution in [1.29, 1.82) is 0 Å². The molecule has 1 aliphatic rings. The first-order valence-corrected chi connectivity index (χ1v) is 7.96. The monoisotopic (exact) mass is 306 g/mol. The molecule has 0 heterocycles. The summed E-state index contributed by atoms with van der Waals surface area (Å²) in [6.07, 6.45) is 2.31. The van der Waals surface area contributed by atoms with E-state index in [2.05, 4.69) is 0 Å². The molecule has 0 aromatic heterocycles. The van der Waals surface area contributed by atoms with Gasteiger partial charge in [0.05, 0.1) is 5.02 Å². The number of nitrogens with zero attached hydrogens (tertiary/aromatic N) is 1. The van der Waals surface area contributed by atoms with Gasteiger partial charge in [-0.2, -0.15) is 4.31 Å². The van der Waals surface area contributed by atoms with Gasteiger partial charge in [-0.15, -0.1) is 0 Å². The minimum absolute atomic E-state index is 0.0236. The topological polar surface area (TPSA) is 63.4 Å². The predicted octanol–water partition coefficient (Wildman–Crippen LogP) is 2.62. The van der Waals surface area contributed by atoms with Gasteiger partial charge in [-0.3, -0.25) is 0 Å².